The van der Waals surface area contributed by atoms with E-state index in [1.165, 1.54) is 0 Å². The summed E-state index contributed by atoms with van der Waals surface area (Å²) in [5, 5.41) is 3.53. The Morgan fingerprint density at radius 1 is 1.38 bits per heavy atom. The number of nitrogens with one attached hydrogen (secondary N) is 1. The number of aromatic nitrogens is 2. The Morgan fingerprint density at radius 3 is 2.71 bits per heavy atom. The number of amides is 1. The van der Waals surface area contributed by atoms with Crippen molar-refractivity contribution in [3.05, 3.63) is 48.0 Å². The van der Waals surface area contributed by atoms with Gasteiger partial charge in [-0.3, -0.25) is 4.79 Å². The number of halogens is 1. The molecule has 6 heteroatoms. The molecule has 2 aromatic rings. The van der Waals surface area contributed by atoms with E-state index in [1.54, 1.807) is 47.6 Å². The fourth-order valence-corrected chi connectivity index (χ4v) is 1.94. The molecular formula is C15H18ClN3O2. The van der Waals surface area contributed by atoms with E-state index in [-0.39, 0.29) is 18.1 Å². The number of carbonyl (C=O) groups excluding carboxylic acids is 1. The lowest BCUT2D eigenvalue weighted by atomic mass is 10.3. The molecule has 1 N–H and O–H groups in total. The van der Waals surface area contributed by atoms with Gasteiger partial charge in [-0.2, -0.15) is 0 Å². The second kappa shape index (κ2) is 7.13. The van der Waals surface area contributed by atoms with E-state index < -0.39 is 0 Å². The van der Waals surface area contributed by atoms with Crippen molar-refractivity contribution in [1.82, 2.24) is 14.9 Å². The van der Waals surface area contributed by atoms with Gasteiger partial charge in [0.15, 0.2) is 0 Å². The van der Waals surface area contributed by atoms with Crippen molar-refractivity contribution in [1.29, 1.82) is 0 Å². The van der Waals surface area contributed by atoms with Crippen LogP contribution in [0, 0.1) is 0 Å². The molecule has 5 nitrogen and oxygen atoms in total. The standard InChI is InChI=1S/C15H18ClN3O2/c1-11(21-14-5-3-13(16)4-6-14)9-18-15(20)12(2)19-8-7-17-10-19/h3-8,10-12H,9H2,1-2H3,(H,18,20)/t11-,12+/m1/s1. The van der Waals surface area contributed by atoms with Gasteiger partial charge in [0.2, 0.25) is 5.91 Å². The minimum Gasteiger partial charge on any atom is -0.489 e. The Kier molecular flexibility index (Phi) is 5.22. The maximum Gasteiger partial charge on any atom is 0.242 e. The molecule has 0 fully saturated rings. The monoisotopic (exact) mass is 307 g/mol. The molecule has 0 aliphatic heterocycles. The largest absolute Gasteiger partial charge is 0.489 e. The summed E-state index contributed by atoms with van der Waals surface area (Å²) in [6.07, 6.45) is 4.90. The first kappa shape index (κ1) is 15.4. The first-order valence-corrected chi connectivity index (χ1v) is 7.11. The molecule has 0 unspecified atom stereocenters. The van der Waals surface area contributed by atoms with Crippen LogP contribution >= 0.6 is 11.6 Å². The Balaban J connectivity index is 1.79. The molecule has 2 rings (SSSR count). The minimum absolute atomic E-state index is 0.0699. The fraction of sp³-hybridized carbons (Fsp3) is 0.333. The van der Waals surface area contributed by atoms with Crippen molar-refractivity contribution in [3.63, 3.8) is 0 Å². The summed E-state index contributed by atoms with van der Waals surface area (Å²) in [5.74, 6) is 0.656. The zero-order chi connectivity index (χ0) is 15.2. The van der Waals surface area contributed by atoms with Gasteiger partial charge in [-0.05, 0) is 38.1 Å². The summed E-state index contributed by atoms with van der Waals surface area (Å²) in [6.45, 7) is 4.15. The molecule has 0 aliphatic rings. The predicted molar refractivity (Wildman–Crippen MR) is 81.5 cm³/mol. The second-order valence-corrected chi connectivity index (χ2v) is 5.25. The molecule has 0 radical (unpaired) electrons. The molecule has 0 bridgehead atoms. The van der Waals surface area contributed by atoms with Gasteiger partial charge in [-0.25, -0.2) is 4.98 Å². The Morgan fingerprint density at radius 2 is 2.10 bits per heavy atom. The first-order chi connectivity index (χ1) is 10.1. The van der Waals surface area contributed by atoms with Crippen LogP contribution in [0.4, 0.5) is 0 Å². The van der Waals surface area contributed by atoms with Crippen LogP contribution in [0.5, 0.6) is 5.75 Å². The van der Waals surface area contributed by atoms with Crippen LogP contribution in [0.2, 0.25) is 5.02 Å². The van der Waals surface area contributed by atoms with Crippen molar-refractivity contribution in [3.8, 4) is 5.75 Å². The van der Waals surface area contributed by atoms with Crippen molar-refractivity contribution in [2.45, 2.75) is 26.0 Å². The van der Waals surface area contributed by atoms with Gasteiger partial charge < -0.3 is 14.6 Å². The summed E-state index contributed by atoms with van der Waals surface area (Å²) in [6, 6.07) is 6.84. The van der Waals surface area contributed by atoms with E-state index in [2.05, 4.69) is 10.3 Å². The Bertz CT molecular complexity index is 569. The number of hydrogen-bond acceptors (Lipinski definition) is 3. The number of carbonyl (C=O) groups is 1. The molecule has 1 aromatic heterocycles. The third-order valence-electron chi connectivity index (χ3n) is 3.07. The maximum atomic E-state index is 12.0. The summed E-state index contributed by atoms with van der Waals surface area (Å²) in [7, 11) is 0. The van der Waals surface area contributed by atoms with Crippen LogP contribution in [0.1, 0.15) is 19.9 Å². The normalized spacial score (nSPS) is 13.5. The van der Waals surface area contributed by atoms with Crippen LogP contribution in [-0.4, -0.2) is 28.1 Å². The highest BCUT2D eigenvalue weighted by Gasteiger charge is 2.15. The lowest BCUT2D eigenvalue weighted by Gasteiger charge is -2.18. The number of ether oxygens (including phenoxy) is 1. The molecule has 0 spiro atoms. The molecule has 2 atom stereocenters. The van der Waals surface area contributed by atoms with Crippen LogP contribution < -0.4 is 10.1 Å². The predicted octanol–water partition coefficient (Wildman–Crippen LogP) is 2.68. The average molecular weight is 308 g/mol. The average Bonchev–Trinajstić information content (AvgIpc) is 3.00. The number of hydrogen-bond donors (Lipinski definition) is 1. The third kappa shape index (κ3) is 4.49. The van der Waals surface area contributed by atoms with Crippen LogP contribution in [-0.2, 0) is 4.79 Å². The van der Waals surface area contributed by atoms with Gasteiger partial charge in [0.25, 0.3) is 0 Å². The van der Waals surface area contributed by atoms with Crippen molar-refractivity contribution in [2.24, 2.45) is 0 Å². The summed E-state index contributed by atoms with van der Waals surface area (Å²) < 4.78 is 7.45. The smallest absolute Gasteiger partial charge is 0.242 e. The van der Waals surface area contributed by atoms with Crippen LogP contribution in [0.25, 0.3) is 0 Å². The van der Waals surface area contributed by atoms with Gasteiger partial charge in [-0.15, -0.1) is 0 Å². The number of rotatable bonds is 6. The third-order valence-corrected chi connectivity index (χ3v) is 3.32. The molecule has 21 heavy (non-hydrogen) atoms. The van der Waals surface area contributed by atoms with Crippen LogP contribution in [0.3, 0.4) is 0 Å². The summed E-state index contributed by atoms with van der Waals surface area (Å²) >= 11 is 5.81. The quantitative estimate of drug-likeness (QED) is 0.892. The number of imidazole rings is 1. The highest BCUT2D eigenvalue weighted by atomic mass is 35.5. The molecule has 0 saturated heterocycles. The number of nitrogens with zero attached hydrogens (tertiary/aromatic N) is 2. The minimum atomic E-state index is -0.296. The molecule has 1 heterocycles. The van der Waals surface area contributed by atoms with Gasteiger partial charge in [0.1, 0.15) is 17.9 Å². The summed E-state index contributed by atoms with van der Waals surface area (Å²) in [4.78, 5) is 15.9. The first-order valence-electron chi connectivity index (χ1n) is 6.73. The van der Waals surface area contributed by atoms with E-state index in [9.17, 15) is 4.79 Å². The topological polar surface area (TPSA) is 56.2 Å². The van der Waals surface area contributed by atoms with Crippen molar-refractivity contribution >= 4 is 17.5 Å². The zero-order valence-electron chi connectivity index (χ0n) is 12.0. The molecular weight excluding hydrogens is 290 g/mol. The van der Waals surface area contributed by atoms with E-state index >= 15 is 0 Å². The molecule has 0 aliphatic carbocycles. The molecule has 1 amide bonds. The Hall–Kier alpha value is -2.01. The lowest BCUT2D eigenvalue weighted by Crippen LogP contribution is -2.37. The summed E-state index contributed by atoms with van der Waals surface area (Å²) in [5.41, 5.74) is 0. The molecule has 0 saturated carbocycles. The second-order valence-electron chi connectivity index (χ2n) is 4.81. The van der Waals surface area contributed by atoms with Gasteiger partial charge in [0, 0.05) is 17.4 Å². The highest BCUT2D eigenvalue weighted by molar-refractivity contribution is 6.30. The Labute approximate surface area is 128 Å². The fourth-order valence-electron chi connectivity index (χ4n) is 1.81. The number of benzene rings is 1. The zero-order valence-corrected chi connectivity index (χ0v) is 12.7. The van der Waals surface area contributed by atoms with E-state index in [4.69, 9.17) is 16.3 Å². The van der Waals surface area contributed by atoms with Crippen LogP contribution in [0.15, 0.2) is 43.0 Å². The van der Waals surface area contributed by atoms with Crippen molar-refractivity contribution < 1.29 is 9.53 Å². The van der Waals surface area contributed by atoms with Gasteiger partial charge >= 0.3 is 0 Å². The van der Waals surface area contributed by atoms with Crippen molar-refractivity contribution in [2.75, 3.05) is 6.54 Å². The molecule has 112 valence electrons. The van der Waals surface area contributed by atoms with E-state index in [0.717, 1.165) is 5.75 Å². The van der Waals surface area contributed by atoms with E-state index in [1.807, 2.05) is 13.8 Å². The lowest BCUT2D eigenvalue weighted by molar-refractivity contribution is -0.124. The maximum absolute atomic E-state index is 12.0. The van der Waals surface area contributed by atoms with Gasteiger partial charge in [0.05, 0.1) is 12.9 Å². The molecule has 1 aromatic carbocycles. The van der Waals surface area contributed by atoms with E-state index in [0.29, 0.717) is 11.6 Å². The highest BCUT2D eigenvalue weighted by Crippen LogP contribution is 2.16. The van der Waals surface area contributed by atoms with Gasteiger partial charge in [-0.1, -0.05) is 11.6 Å². The SMILES string of the molecule is C[C@H](CNC(=O)[C@H](C)n1ccnc1)Oc1ccc(Cl)cc1.